The number of carboxylic acids is 1. The predicted molar refractivity (Wildman–Crippen MR) is 125 cm³/mol. The molecule has 180 valence electrons. The number of rotatable bonds is 19. The molecule has 0 amide bonds. The zero-order valence-corrected chi connectivity index (χ0v) is 21.1. The van der Waals surface area contributed by atoms with Crippen LogP contribution in [0, 0.1) is 5.92 Å². The van der Waals surface area contributed by atoms with E-state index in [-0.39, 0.29) is 30.7 Å². The highest BCUT2D eigenvalue weighted by Crippen LogP contribution is 2.16. The quantitative estimate of drug-likeness (QED) is 0.160. The number of carboxylic acid groups (broad SMARTS) is 1. The molecule has 0 bridgehead atoms. The molecular weight excluding hydrogens is 402 g/mol. The molecule has 0 aliphatic rings. The van der Waals surface area contributed by atoms with E-state index in [2.05, 4.69) is 6.92 Å². The topological polar surface area (TPSA) is 66.4 Å². The van der Waals surface area contributed by atoms with Crippen LogP contribution >= 0.6 is 12.4 Å². The summed E-state index contributed by atoms with van der Waals surface area (Å²) in [4.78, 5) is 23.2. The van der Waals surface area contributed by atoms with Crippen LogP contribution in [-0.4, -0.2) is 50.2 Å². The van der Waals surface area contributed by atoms with Crippen LogP contribution in [0.1, 0.15) is 104 Å². The molecule has 0 saturated carbocycles. The Hall–Kier alpha value is -0.810. The molecule has 30 heavy (non-hydrogen) atoms. The summed E-state index contributed by atoms with van der Waals surface area (Å²) in [7, 11) is 5.85. The molecule has 0 aliphatic heterocycles. The van der Waals surface area contributed by atoms with Gasteiger partial charge in [0.1, 0.15) is 6.54 Å². The molecule has 0 heterocycles. The van der Waals surface area contributed by atoms with Crippen LogP contribution in [-0.2, 0) is 14.3 Å². The number of hydrogen-bond donors (Lipinski definition) is 0. The van der Waals surface area contributed by atoms with Crippen LogP contribution in [0.15, 0.2) is 0 Å². The Morgan fingerprint density at radius 2 is 1.27 bits per heavy atom. The van der Waals surface area contributed by atoms with Crippen molar-refractivity contribution < 1.29 is 23.9 Å². The second kappa shape index (κ2) is 18.9. The fraction of sp³-hybridized carbons (Fsp3) is 0.917. The third-order valence-electron chi connectivity index (χ3n) is 5.32. The van der Waals surface area contributed by atoms with Crippen molar-refractivity contribution in [2.45, 2.75) is 110 Å². The van der Waals surface area contributed by atoms with E-state index in [0.717, 1.165) is 19.3 Å². The van der Waals surface area contributed by atoms with Gasteiger partial charge in [-0.2, -0.15) is 0 Å². The zero-order chi connectivity index (χ0) is 22.1. The van der Waals surface area contributed by atoms with Gasteiger partial charge in [-0.3, -0.25) is 4.79 Å². The molecule has 0 aromatic carbocycles. The molecule has 0 saturated heterocycles. The standard InChI is InChI=1S/C24H47NO4.ClH/c1-6-7-8-9-10-11-12-13-14-15-16-17-18-21(2)24(28)29-22(19-23(26)27)20-25(3,4)5;/h21-22H,6-20H2,1-5H3;1H. The minimum atomic E-state index is -1.18. The van der Waals surface area contributed by atoms with Gasteiger partial charge >= 0.3 is 5.97 Å². The maximum absolute atomic E-state index is 12.3. The van der Waals surface area contributed by atoms with Gasteiger partial charge in [-0.1, -0.05) is 90.9 Å². The number of aliphatic carboxylic acids is 1. The largest absolute Gasteiger partial charge is 0.550 e. The average Bonchev–Trinajstić information content (AvgIpc) is 2.60. The van der Waals surface area contributed by atoms with Crippen molar-refractivity contribution in [1.82, 2.24) is 0 Å². The summed E-state index contributed by atoms with van der Waals surface area (Å²) >= 11 is 0. The Balaban J connectivity index is 0. The number of carbonyl (C=O) groups excluding carboxylic acids is 2. The summed E-state index contributed by atoms with van der Waals surface area (Å²) in [6.07, 6.45) is 15.5. The number of carbonyl (C=O) groups is 2. The molecule has 0 radical (unpaired) electrons. The van der Waals surface area contributed by atoms with Crippen LogP contribution in [0.3, 0.4) is 0 Å². The normalized spacial score (nSPS) is 13.4. The van der Waals surface area contributed by atoms with Gasteiger partial charge in [0.2, 0.25) is 0 Å². The first kappa shape index (κ1) is 31.4. The van der Waals surface area contributed by atoms with Crippen molar-refractivity contribution in [1.29, 1.82) is 0 Å². The number of nitrogens with zero attached hydrogens (tertiary/aromatic N) is 1. The Morgan fingerprint density at radius 1 is 0.833 bits per heavy atom. The summed E-state index contributed by atoms with van der Waals surface area (Å²) in [6.45, 7) is 4.60. The summed E-state index contributed by atoms with van der Waals surface area (Å²) in [5, 5.41) is 10.9. The number of unbranched alkanes of at least 4 members (excludes halogenated alkanes) is 11. The van der Waals surface area contributed by atoms with Gasteiger partial charge in [-0.25, -0.2) is 0 Å². The number of esters is 1. The Labute approximate surface area is 191 Å². The van der Waals surface area contributed by atoms with Crippen molar-refractivity contribution in [3.8, 4) is 0 Å². The Morgan fingerprint density at radius 3 is 1.67 bits per heavy atom. The second-order valence-corrected chi connectivity index (χ2v) is 9.69. The van der Waals surface area contributed by atoms with Crippen LogP contribution in [0.2, 0.25) is 0 Å². The van der Waals surface area contributed by atoms with E-state index in [0.29, 0.717) is 11.0 Å². The maximum atomic E-state index is 12.3. The number of ether oxygens (including phenoxy) is 1. The van der Waals surface area contributed by atoms with Crippen molar-refractivity contribution in [2.24, 2.45) is 5.92 Å². The molecule has 0 aliphatic carbocycles. The number of quaternary nitrogens is 1. The van der Waals surface area contributed by atoms with Crippen molar-refractivity contribution >= 4 is 24.3 Å². The Bertz CT molecular complexity index is 437. The smallest absolute Gasteiger partial charge is 0.309 e. The number of hydrogen-bond acceptors (Lipinski definition) is 4. The molecule has 0 rings (SSSR count). The highest BCUT2D eigenvalue weighted by Gasteiger charge is 2.24. The lowest BCUT2D eigenvalue weighted by molar-refractivity contribution is -0.873. The van der Waals surface area contributed by atoms with Crippen LogP contribution in [0.5, 0.6) is 0 Å². The lowest BCUT2D eigenvalue weighted by atomic mass is 10.0. The van der Waals surface area contributed by atoms with E-state index >= 15 is 0 Å². The van der Waals surface area contributed by atoms with Gasteiger partial charge in [-0.15, -0.1) is 12.4 Å². The minimum Gasteiger partial charge on any atom is -0.550 e. The van der Waals surface area contributed by atoms with Gasteiger partial charge in [0.05, 0.1) is 27.1 Å². The molecule has 0 aromatic rings. The molecule has 0 N–H and O–H groups in total. The molecule has 0 aromatic heterocycles. The van der Waals surface area contributed by atoms with E-state index in [1.165, 1.54) is 64.2 Å². The summed E-state index contributed by atoms with van der Waals surface area (Å²) in [5.41, 5.74) is 0. The third kappa shape index (κ3) is 20.5. The first-order valence-electron chi connectivity index (χ1n) is 11.9. The highest BCUT2D eigenvalue weighted by atomic mass is 35.5. The Kier molecular flexibility index (Phi) is 19.8. The van der Waals surface area contributed by atoms with E-state index in [1.54, 1.807) is 0 Å². The monoisotopic (exact) mass is 449 g/mol. The molecule has 5 nitrogen and oxygen atoms in total. The first-order valence-corrected chi connectivity index (χ1v) is 11.9. The summed E-state index contributed by atoms with van der Waals surface area (Å²) in [5.74, 6) is -1.65. The van der Waals surface area contributed by atoms with E-state index in [9.17, 15) is 14.7 Å². The highest BCUT2D eigenvalue weighted by molar-refractivity contribution is 5.85. The van der Waals surface area contributed by atoms with Crippen molar-refractivity contribution in [3.63, 3.8) is 0 Å². The van der Waals surface area contributed by atoms with Crippen molar-refractivity contribution in [3.05, 3.63) is 0 Å². The van der Waals surface area contributed by atoms with Crippen molar-refractivity contribution in [2.75, 3.05) is 27.7 Å². The van der Waals surface area contributed by atoms with E-state index in [4.69, 9.17) is 4.74 Å². The fourth-order valence-corrected chi connectivity index (χ4v) is 3.63. The molecule has 2 unspecified atom stereocenters. The number of likely N-dealkylation sites (N-methyl/N-ethyl adjacent to an activating group) is 1. The van der Waals surface area contributed by atoms with Gasteiger partial charge in [0.25, 0.3) is 0 Å². The van der Waals surface area contributed by atoms with Gasteiger partial charge in [0.15, 0.2) is 6.10 Å². The van der Waals surface area contributed by atoms with Crippen LogP contribution < -0.4 is 5.11 Å². The van der Waals surface area contributed by atoms with Crippen LogP contribution in [0.4, 0.5) is 0 Å². The second-order valence-electron chi connectivity index (χ2n) is 9.69. The molecule has 6 heteroatoms. The summed E-state index contributed by atoms with van der Waals surface area (Å²) in [6, 6.07) is 0. The maximum Gasteiger partial charge on any atom is 0.309 e. The lowest BCUT2D eigenvalue weighted by Gasteiger charge is -2.29. The van der Waals surface area contributed by atoms with Gasteiger partial charge < -0.3 is 19.1 Å². The zero-order valence-electron chi connectivity index (χ0n) is 20.2. The van der Waals surface area contributed by atoms with E-state index < -0.39 is 12.1 Å². The molecular formula is C24H48ClNO4. The van der Waals surface area contributed by atoms with E-state index in [1.807, 2.05) is 28.1 Å². The predicted octanol–water partition coefficient (Wildman–Crippen LogP) is 4.89. The SMILES string of the molecule is CCCCCCCCCCCCCCC(C)C(=O)OC(CC(=O)[O-])C[N+](C)(C)C.Cl. The molecule has 0 spiro atoms. The first-order chi connectivity index (χ1) is 13.7. The minimum absolute atomic E-state index is 0. The average molecular weight is 450 g/mol. The summed E-state index contributed by atoms with van der Waals surface area (Å²) < 4.78 is 6.02. The van der Waals surface area contributed by atoms with Crippen LogP contribution in [0.25, 0.3) is 0 Å². The lowest BCUT2D eigenvalue weighted by Crippen LogP contribution is -2.45. The third-order valence-corrected chi connectivity index (χ3v) is 5.32. The molecule has 2 atom stereocenters. The van der Waals surface area contributed by atoms with Gasteiger partial charge in [-0.05, 0) is 6.42 Å². The van der Waals surface area contributed by atoms with Gasteiger partial charge in [0, 0.05) is 12.4 Å². The fourth-order valence-electron chi connectivity index (χ4n) is 3.63. The molecule has 0 fully saturated rings. The number of halogens is 1.